The second-order valence-electron chi connectivity index (χ2n) is 6.24. The van der Waals surface area contributed by atoms with Crippen LogP contribution in [-0.2, 0) is 6.54 Å². The molecule has 2 aromatic carbocycles. The third-order valence-corrected chi connectivity index (χ3v) is 3.98. The Kier molecular flexibility index (Phi) is 5.35. The molecule has 0 aliphatic rings. The quantitative estimate of drug-likeness (QED) is 0.749. The predicted octanol–water partition coefficient (Wildman–Crippen LogP) is 3.72. The maximum atomic E-state index is 13.4. The topological polar surface area (TPSA) is 62.6 Å². The molecule has 3 rings (SSSR count). The van der Waals surface area contributed by atoms with E-state index in [0.29, 0.717) is 16.9 Å². The minimum absolute atomic E-state index is 0.156. The highest BCUT2D eigenvalue weighted by molar-refractivity contribution is 5.95. The summed E-state index contributed by atoms with van der Waals surface area (Å²) in [5.74, 6) is -0.157. The number of nitrogens with zero attached hydrogens (tertiary/aromatic N) is 1. The van der Waals surface area contributed by atoms with Crippen LogP contribution in [0.5, 0.6) is 0 Å². The van der Waals surface area contributed by atoms with Crippen LogP contribution in [0.4, 0.5) is 4.39 Å². The Morgan fingerprint density at radius 1 is 1.00 bits per heavy atom. The van der Waals surface area contributed by atoms with Gasteiger partial charge in [-0.05, 0) is 47.5 Å². The fourth-order valence-electron chi connectivity index (χ4n) is 2.59. The molecule has 0 saturated heterocycles. The number of nitrogens with one attached hydrogen (secondary N) is 1. The van der Waals surface area contributed by atoms with Gasteiger partial charge < -0.3 is 14.6 Å². The first-order chi connectivity index (χ1) is 12.9. The van der Waals surface area contributed by atoms with Crippen molar-refractivity contribution in [2.45, 2.75) is 6.54 Å². The van der Waals surface area contributed by atoms with Crippen LogP contribution in [0.15, 0.2) is 65.1 Å². The van der Waals surface area contributed by atoms with Crippen molar-refractivity contribution in [3.05, 3.63) is 83.6 Å². The Morgan fingerprint density at radius 3 is 2.41 bits per heavy atom. The normalized spacial score (nSPS) is 10.5. The highest BCUT2D eigenvalue weighted by Crippen LogP contribution is 2.21. The molecule has 0 aliphatic heterocycles. The second kappa shape index (κ2) is 7.86. The van der Waals surface area contributed by atoms with E-state index in [0.717, 1.165) is 5.56 Å². The van der Waals surface area contributed by atoms with E-state index in [4.69, 9.17) is 4.42 Å². The van der Waals surface area contributed by atoms with Gasteiger partial charge in [-0.15, -0.1) is 0 Å². The van der Waals surface area contributed by atoms with Crippen LogP contribution in [-0.4, -0.2) is 30.8 Å². The van der Waals surface area contributed by atoms with Gasteiger partial charge in [0.05, 0.1) is 6.54 Å². The number of benzene rings is 2. The maximum absolute atomic E-state index is 13.4. The SMILES string of the molecule is CN(C)C(=O)c1ccc(CNC(=O)c2cccc(-c3cccc(F)c3)c2)o1. The fraction of sp³-hybridized carbons (Fsp3) is 0.143. The second-order valence-corrected chi connectivity index (χ2v) is 6.24. The van der Waals surface area contributed by atoms with Crippen LogP contribution in [0.2, 0.25) is 0 Å². The van der Waals surface area contributed by atoms with Crippen molar-refractivity contribution in [3.8, 4) is 11.1 Å². The summed E-state index contributed by atoms with van der Waals surface area (Å²) in [7, 11) is 3.27. The van der Waals surface area contributed by atoms with Crippen molar-refractivity contribution in [2.75, 3.05) is 14.1 Å². The van der Waals surface area contributed by atoms with E-state index in [1.54, 1.807) is 56.6 Å². The number of hydrogen-bond acceptors (Lipinski definition) is 3. The summed E-state index contributed by atoms with van der Waals surface area (Å²) in [5.41, 5.74) is 1.90. The number of halogens is 1. The standard InChI is InChI=1S/C21H19FN2O3/c1-24(2)21(26)19-10-9-18(27-19)13-23-20(25)16-7-3-5-14(11-16)15-6-4-8-17(22)12-15/h3-12H,13H2,1-2H3,(H,23,25). The molecule has 5 nitrogen and oxygen atoms in total. The Balaban J connectivity index is 1.68. The molecule has 138 valence electrons. The predicted molar refractivity (Wildman–Crippen MR) is 99.7 cm³/mol. The summed E-state index contributed by atoms with van der Waals surface area (Å²) in [5, 5.41) is 2.76. The van der Waals surface area contributed by atoms with Gasteiger partial charge in [0.25, 0.3) is 11.8 Å². The molecule has 2 amide bonds. The summed E-state index contributed by atoms with van der Waals surface area (Å²) in [6.45, 7) is 0.156. The molecule has 3 aromatic rings. The van der Waals surface area contributed by atoms with Crippen LogP contribution >= 0.6 is 0 Å². The van der Waals surface area contributed by atoms with Gasteiger partial charge >= 0.3 is 0 Å². The molecule has 1 N–H and O–H groups in total. The molecular weight excluding hydrogens is 347 g/mol. The number of carbonyl (C=O) groups excluding carboxylic acids is 2. The summed E-state index contributed by atoms with van der Waals surface area (Å²) >= 11 is 0. The van der Waals surface area contributed by atoms with Gasteiger partial charge in [-0.1, -0.05) is 24.3 Å². The van der Waals surface area contributed by atoms with Crippen LogP contribution < -0.4 is 5.32 Å². The van der Waals surface area contributed by atoms with Gasteiger partial charge in [0, 0.05) is 19.7 Å². The monoisotopic (exact) mass is 366 g/mol. The van der Waals surface area contributed by atoms with Gasteiger partial charge in [0.1, 0.15) is 11.6 Å². The summed E-state index contributed by atoms with van der Waals surface area (Å²) in [4.78, 5) is 25.7. The maximum Gasteiger partial charge on any atom is 0.289 e. The van der Waals surface area contributed by atoms with Crippen molar-refractivity contribution < 1.29 is 18.4 Å². The molecule has 0 saturated carbocycles. The Labute approximate surface area is 156 Å². The molecule has 27 heavy (non-hydrogen) atoms. The van der Waals surface area contributed by atoms with Gasteiger partial charge in [0.2, 0.25) is 0 Å². The molecule has 6 heteroatoms. The third-order valence-electron chi connectivity index (χ3n) is 3.98. The van der Waals surface area contributed by atoms with Gasteiger partial charge in [-0.2, -0.15) is 0 Å². The molecule has 0 bridgehead atoms. The number of hydrogen-bond donors (Lipinski definition) is 1. The molecule has 0 fully saturated rings. The summed E-state index contributed by atoms with van der Waals surface area (Å²) in [6, 6.07) is 16.4. The van der Waals surface area contributed by atoms with E-state index in [1.165, 1.54) is 17.0 Å². The lowest BCUT2D eigenvalue weighted by Gasteiger charge is -2.08. The molecule has 1 aromatic heterocycles. The number of rotatable bonds is 5. The lowest BCUT2D eigenvalue weighted by atomic mass is 10.0. The Bertz CT molecular complexity index is 979. The molecule has 0 spiro atoms. The first kappa shape index (κ1) is 18.4. The number of carbonyl (C=O) groups is 2. The molecule has 0 aliphatic carbocycles. The number of furan rings is 1. The van der Waals surface area contributed by atoms with Gasteiger partial charge in [0.15, 0.2) is 5.76 Å². The third kappa shape index (κ3) is 4.41. The number of amides is 2. The average Bonchev–Trinajstić information content (AvgIpc) is 3.14. The Hall–Kier alpha value is -3.41. The minimum atomic E-state index is -0.330. The average molecular weight is 366 g/mol. The first-order valence-electron chi connectivity index (χ1n) is 8.38. The lowest BCUT2D eigenvalue weighted by molar-refractivity contribution is 0.0794. The molecule has 0 radical (unpaired) electrons. The van der Waals surface area contributed by atoms with Crippen molar-refractivity contribution in [2.24, 2.45) is 0 Å². The van der Waals surface area contributed by atoms with E-state index in [2.05, 4.69) is 5.32 Å². The van der Waals surface area contributed by atoms with Crippen molar-refractivity contribution >= 4 is 11.8 Å². The largest absolute Gasteiger partial charge is 0.454 e. The molecular formula is C21H19FN2O3. The van der Waals surface area contributed by atoms with E-state index in [1.807, 2.05) is 6.07 Å². The zero-order valence-electron chi connectivity index (χ0n) is 15.0. The van der Waals surface area contributed by atoms with Crippen LogP contribution in [0, 0.1) is 5.82 Å². The van der Waals surface area contributed by atoms with Crippen molar-refractivity contribution in [1.82, 2.24) is 10.2 Å². The van der Waals surface area contributed by atoms with E-state index < -0.39 is 0 Å². The smallest absolute Gasteiger partial charge is 0.289 e. The first-order valence-corrected chi connectivity index (χ1v) is 8.38. The highest BCUT2D eigenvalue weighted by Gasteiger charge is 2.14. The van der Waals surface area contributed by atoms with Crippen molar-refractivity contribution in [3.63, 3.8) is 0 Å². The van der Waals surface area contributed by atoms with E-state index in [-0.39, 0.29) is 29.9 Å². The van der Waals surface area contributed by atoms with E-state index >= 15 is 0 Å². The van der Waals surface area contributed by atoms with Crippen LogP contribution in [0.3, 0.4) is 0 Å². The fourth-order valence-corrected chi connectivity index (χ4v) is 2.59. The van der Waals surface area contributed by atoms with Crippen LogP contribution in [0.1, 0.15) is 26.7 Å². The highest BCUT2D eigenvalue weighted by atomic mass is 19.1. The van der Waals surface area contributed by atoms with E-state index in [9.17, 15) is 14.0 Å². The Morgan fingerprint density at radius 2 is 1.70 bits per heavy atom. The molecule has 0 atom stereocenters. The molecule has 0 unspecified atom stereocenters. The summed E-state index contributed by atoms with van der Waals surface area (Å²) in [6.07, 6.45) is 0. The van der Waals surface area contributed by atoms with Gasteiger partial charge in [-0.3, -0.25) is 9.59 Å². The minimum Gasteiger partial charge on any atom is -0.454 e. The zero-order chi connectivity index (χ0) is 19.4. The zero-order valence-corrected chi connectivity index (χ0v) is 15.0. The summed E-state index contributed by atoms with van der Waals surface area (Å²) < 4.78 is 18.9. The molecule has 1 heterocycles. The van der Waals surface area contributed by atoms with Crippen LogP contribution in [0.25, 0.3) is 11.1 Å². The lowest BCUT2D eigenvalue weighted by Crippen LogP contribution is -2.23. The van der Waals surface area contributed by atoms with Crippen molar-refractivity contribution in [1.29, 1.82) is 0 Å². The van der Waals surface area contributed by atoms with Gasteiger partial charge in [-0.25, -0.2) is 4.39 Å².